The lowest BCUT2D eigenvalue weighted by Gasteiger charge is -2.35. The van der Waals surface area contributed by atoms with E-state index in [4.69, 9.17) is 34.8 Å². The highest BCUT2D eigenvalue weighted by Gasteiger charge is 2.54. The van der Waals surface area contributed by atoms with Crippen LogP contribution in [0.25, 0.3) is 0 Å². The lowest BCUT2D eigenvalue weighted by atomic mass is 10.2. The largest absolute Gasteiger partial charge is 0.324 e. The maximum Gasteiger partial charge on any atom is 0.259 e. The van der Waals surface area contributed by atoms with E-state index in [1.807, 2.05) is 61.5 Å². The second-order valence-corrected chi connectivity index (χ2v) is 8.95. The second kappa shape index (κ2) is 8.01. The minimum Gasteiger partial charge on any atom is -0.324 e. The van der Waals surface area contributed by atoms with Gasteiger partial charge in [-0.3, -0.25) is 4.79 Å². The Kier molecular flexibility index (Phi) is 6.49. The zero-order valence-electron chi connectivity index (χ0n) is 13.4. The lowest BCUT2D eigenvalue weighted by molar-refractivity contribution is -0.116. The summed E-state index contributed by atoms with van der Waals surface area (Å²) in [6.07, 6.45) is 0.320. The van der Waals surface area contributed by atoms with Crippen LogP contribution in [0.5, 0.6) is 0 Å². The molecule has 6 heteroatoms. The number of alkyl halides is 3. The van der Waals surface area contributed by atoms with Crippen molar-refractivity contribution in [3.8, 4) is 0 Å². The smallest absolute Gasteiger partial charge is 0.259 e. The predicted octanol–water partition coefficient (Wildman–Crippen LogP) is 6.24. The second-order valence-electron chi connectivity index (χ2n) is 5.39. The fraction of sp³-hybridized carbons (Fsp3) is 0.278. The molecule has 1 amide bonds. The first kappa shape index (κ1) is 19.5. The van der Waals surface area contributed by atoms with Crippen LogP contribution in [0.1, 0.15) is 18.9 Å². The van der Waals surface area contributed by atoms with Gasteiger partial charge in [-0.1, -0.05) is 89.4 Å². The van der Waals surface area contributed by atoms with Crippen molar-refractivity contribution in [1.82, 2.24) is 0 Å². The fourth-order valence-electron chi connectivity index (χ4n) is 2.01. The maximum atomic E-state index is 12.9. The number of hydrogen-bond acceptors (Lipinski definition) is 2. The number of benzene rings is 2. The van der Waals surface area contributed by atoms with E-state index >= 15 is 0 Å². The molecule has 0 heterocycles. The van der Waals surface area contributed by atoms with E-state index in [9.17, 15) is 4.79 Å². The van der Waals surface area contributed by atoms with Gasteiger partial charge in [0.25, 0.3) is 5.91 Å². The van der Waals surface area contributed by atoms with Crippen LogP contribution in [-0.2, 0) is 4.79 Å². The third-order valence-electron chi connectivity index (χ3n) is 3.52. The molecule has 2 aromatic rings. The van der Waals surface area contributed by atoms with E-state index in [0.29, 0.717) is 12.1 Å². The van der Waals surface area contributed by atoms with E-state index in [-0.39, 0.29) is 0 Å². The average molecular weight is 403 g/mol. The Morgan fingerprint density at radius 3 is 2.17 bits per heavy atom. The van der Waals surface area contributed by atoms with Crippen LogP contribution >= 0.6 is 46.6 Å². The van der Waals surface area contributed by atoms with E-state index in [0.717, 1.165) is 22.2 Å². The molecule has 0 aliphatic rings. The fourth-order valence-corrected chi connectivity index (χ4v) is 3.92. The lowest BCUT2D eigenvalue weighted by Crippen LogP contribution is -2.48. The third kappa shape index (κ3) is 4.40. The minimum absolute atomic E-state index is 0.320. The summed E-state index contributed by atoms with van der Waals surface area (Å²) < 4.78 is -3.01. The van der Waals surface area contributed by atoms with Crippen LogP contribution in [0.4, 0.5) is 5.69 Å². The topological polar surface area (TPSA) is 29.1 Å². The molecule has 0 saturated heterocycles. The summed E-state index contributed by atoms with van der Waals surface area (Å²) in [5.41, 5.74) is 1.74. The minimum atomic E-state index is -1.57. The zero-order valence-corrected chi connectivity index (χ0v) is 16.4. The third-order valence-corrected chi connectivity index (χ3v) is 7.09. The number of amides is 1. The van der Waals surface area contributed by atoms with Crippen molar-refractivity contribution in [3.63, 3.8) is 0 Å². The average Bonchev–Trinajstić information content (AvgIpc) is 2.57. The van der Waals surface area contributed by atoms with Gasteiger partial charge in [-0.05, 0) is 37.6 Å². The first-order chi connectivity index (χ1) is 11.3. The number of hydrogen-bond donors (Lipinski definition) is 1. The molecule has 24 heavy (non-hydrogen) atoms. The summed E-state index contributed by atoms with van der Waals surface area (Å²) in [6.45, 7) is 3.77. The Balaban J connectivity index is 2.31. The van der Waals surface area contributed by atoms with Crippen LogP contribution < -0.4 is 5.32 Å². The first-order valence-electron chi connectivity index (χ1n) is 7.47. The molecule has 0 aliphatic heterocycles. The number of nitrogens with one attached hydrogen (secondary N) is 1. The van der Waals surface area contributed by atoms with Crippen LogP contribution in [0.3, 0.4) is 0 Å². The molecular weight excluding hydrogens is 385 g/mol. The van der Waals surface area contributed by atoms with Gasteiger partial charge in [0.2, 0.25) is 4.21 Å². The standard InChI is InChI=1S/C18H18Cl3NOS/c1-3-17(19,20)18(21,24-15-7-5-4-6-8-15)16(23)22-14-11-9-13(2)10-12-14/h4-12H,3H2,1-2H3,(H,22,23). The molecule has 0 fully saturated rings. The number of halogens is 3. The first-order valence-corrected chi connectivity index (χ1v) is 9.42. The van der Waals surface area contributed by atoms with Gasteiger partial charge in [-0.15, -0.1) is 0 Å². The van der Waals surface area contributed by atoms with Crippen molar-refractivity contribution in [3.05, 3.63) is 60.2 Å². The van der Waals surface area contributed by atoms with Crippen LogP contribution in [0.2, 0.25) is 0 Å². The summed E-state index contributed by atoms with van der Waals surface area (Å²) in [7, 11) is 0. The van der Waals surface area contributed by atoms with Gasteiger partial charge in [0, 0.05) is 10.6 Å². The van der Waals surface area contributed by atoms with Gasteiger partial charge in [0.1, 0.15) is 0 Å². The number of carbonyl (C=O) groups is 1. The Labute approximate surface area is 161 Å². The molecule has 1 unspecified atom stereocenters. The molecule has 2 nitrogen and oxygen atoms in total. The number of carbonyl (C=O) groups excluding carboxylic acids is 1. The number of anilines is 1. The van der Waals surface area contributed by atoms with Crippen molar-refractivity contribution >= 4 is 58.2 Å². The monoisotopic (exact) mass is 401 g/mol. The predicted molar refractivity (Wildman–Crippen MR) is 105 cm³/mol. The maximum absolute atomic E-state index is 12.9. The van der Waals surface area contributed by atoms with Crippen molar-refractivity contribution in [2.45, 2.75) is 33.7 Å². The Morgan fingerprint density at radius 1 is 1.04 bits per heavy atom. The molecule has 0 bridgehead atoms. The van der Waals surface area contributed by atoms with Crippen LogP contribution in [0, 0.1) is 6.92 Å². The number of aryl methyl sites for hydroxylation is 1. The van der Waals surface area contributed by atoms with Crippen LogP contribution in [0.15, 0.2) is 59.5 Å². The van der Waals surface area contributed by atoms with Gasteiger partial charge < -0.3 is 5.32 Å². The summed E-state index contributed by atoms with van der Waals surface area (Å²) in [4.78, 5) is 13.7. The summed E-state index contributed by atoms with van der Waals surface area (Å²) in [5.74, 6) is -0.450. The SMILES string of the molecule is CCC(Cl)(Cl)C(Cl)(Sc1ccccc1)C(=O)Nc1ccc(C)cc1. The van der Waals surface area contributed by atoms with Crippen molar-refractivity contribution in [2.75, 3.05) is 5.32 Å². The van der Waals surface area contributed by atoms with Gasteiger partial charge in [0.05, 0.1) is 0 Å². The molecule has 0 spiro atoms. The Morgan fingerprint density at radius 2 is 1.62 bits per heavy atom. The molecule has 0 aromatic heterocycles. The van der Waals surface area contributed by atoms with Crippen LogP contribution in [-0.4, -0.2) is 14.4 Å². The van der Waals surface area contributed by atoms with E-state index < -0.39 is 14.4 Å². The molecular formula is C18H18Cl3NOS. The van der Waals surface area contributed by atoms with Crippen molar-refractivity contribution in [2.24, 2.45) is 0 Å². The summed E-state index contributed by atoms with van der Waals surface area (Å²) >= 11 is 20.7. The van der Waals surface area contributed by atoms with Gasteiger partial charge >= 0.3 is 0 Å². The highest BCUT2D eigenvalue weighted by atomic mass is 35.5. The van der Waals surface area contributed by atoms with Crippen molar-refractivity contribution < 1.29 is 4.79 Å². The number of rotatable bonds is 6. The molecule has 2 aromatic carbocycles. The van der Waals surface area contributed by atoms with E-state index in [1.165, 1.54) is 0 Å². The Bertz CT molecular complexity index is 691. The van der Waals surface area contributed by atoms with E-state index in [2.05, 4.69) is 5.32 Å². The molecule has 128 valence electrons. The Hall–Kier alpha value is -0.870. The van der Waals surface area contributed by atoms with Gasteiger partial charge in [-0.2, -0.15) is 0 Å². The highest BCUT2D eigenvalue weighted by Crippen LogP contribution is 2.52. The molecule has 0 saturated carbocycles. The quantitative estimate of drug-likeness (QED) is 0.457. The molecule has 1 atom stereocenters. The van der Waals surface area contributed by atoms with Crippen molar-refractivity contribution in [1.29, 1.82) is 0 Å². The molecule has 2 rings (SSSR count). The molecule has 0 aliphatic carbocycles. The zero-order chi connectivity index (χ0) is 17.8. The van der Waals surface area contributed by atoms with E-state index in [1.54, 1.807) is 6.92 Å². The normalized spacial score (nSPS) is 14.0. The molecule has 1 N–H and O–H groups in total. The highest BCUT2D eigenvalue weighted by molar-refractivity contribution is 8.03. The van der Waals surface area contributed by atoms with Gasteiger partial charge in [0.15, 0.2) is 4.33 Å². The summed E-state index contributed by atoms with van der Waals surface area (Å²) in [5, 5.41) is 2.81. The van der Waals surface area contributed by atoms with Gasteiger partial charge in [-0.25, -0.2) is 0 Å². The molecule has 0 radical (unpaired) electrons. The summed E-state index contributed by atoms with van der Waals surface area (Å²) in [6, 6.07) is 16.8. The number of thioether (sulfide) groups is 1.